The number of aliphatic imine (C=N–C) groups is 1. The molecule has 3 aromatic rings. The van der Waals surface area contributed by atoms with E-state index < -0.39 is 0 Å². The molecule has 0 bridgehead atoms. The topological polar surface area (TPSA) is 58.5 Å². The standard InChI is InChI=1S/C21H22N4O.HI/c1-22-21(25-16-18-10-7-8-14-23-18)24-15-17-9-5-6-13-20(17)26-19-11-3-2-4-12-19;/h2-14H,15-16H2,1H3,(H2,22,24,25);1H. The van der Waals surface area contributed by atoms with Crippen molar-refractivity contribution < 1.29 is 4.74 Å². The first-order valence-electron chi connectivity index (χ1n) is 8.50. The van der Waals surface area contributed by atoms with Gasteiger partial charge in [0.05, 0.1) is 12.2 Å². The molecule has 2 N–H and O–H groups in total. The zero-order valence-electron chi connectivity index (χ0n) is 15.1. The lowest BCUT2D eigenvalue weighted by Crippen LogP contribution is -2.36. The Hall–Kier alpha value is -2.61. The van der Waals surface area contributed by atoms with Gasteiger partial charge in [0.15, 0.2) is 5.96 Å². The maximum absolute atomic E-state index is 5.99. The fourth-order valence-corrected chi connectivity index (χ4v) is 2.44. The van der Waals surface area contributed by atoms with Crippen LogP contribution in [0.15, 0.2) is 84.0 Å². The Labute approximate surface area is 176 Å². The second-order valence-corrected chi connectivity index (χ2v) is 5.62. The van der Waals surface area contributed by atoms with Crippen molar-refractivity contribution in [2.75, 3.05) is 7.05 Å². The predicted octanol–water partition coefficient (Wildman–Crippen LogP) is 4.36. The highest BCUT2D eigenvalue weighted by Crippen LogP contribution is 2.24. The lowest BCUT2D eigenvalue weighted by Gasteiger charge is -2.14. The fraction of sp³-hybridized carbons (Fsp3) is 0.143. The van der Waals surface area contributed by atoms with Crippen LogP contribution in [0.25, 0.3) is 0 Å². The van der Waals surface area contributed by atoms with Gasteiger partial charge < -0.3 is 15.4 Å². The van der Waals surface area contributed by atoms with E-state index >= 15 is 0 Å². The summed E-state index contributed by atoms with van der Waals surface area (Å²) in [7, 11) is 1.75. The molecule has 0 saturated heterocycles. The quantitative estimate of drug-likeness (QED) is 0.317. The number of hydrogen-bond acceptors (Lipinski definition) is 3. The van der Waals surface area contributed by atoms with E-state index in [0.29, 0.717) is 19.0 Å². The zero-order chi connectivity index (χ0) is 18.0. The van der Waals surface area contributed by atoms with Crippen LogP contribution in [0, 0.1) is 0 Å². The zero-order valence-corrected chi connectivity index (χ0v) is 17.5. The third-order valence-corrected chi connectivity index (χ3v) is 3.78. The molecule has 0 radical (unpaired) electrons. The highest BCUT2D eigenvalue weighted by atomic mass is 127. The number of pyridine rings is 1. The van der Waals surface area contributed by atoms with Crippen LogP contribution in [0.1, 0.15) is 11.3 Å². The summed E-state index contributed by atoms with van der Waals surface area (Å²) < 4.78 is 5.99. The van der Waals surface area contributed by atoms with Crippen molar-refractivity contribution >= 4 is 29.9 Å². The number of guanidine groups is 1. The molecule has 0 aliphatic carbocycles. The number of hydrogen-bond donors (Lipinski definition) is 2. The van der Waals surface area contributed by atoms with Gasteiger partial charge in [-0.1, -0.05) is 42.5 Å². The van der Waals surface area contributed by atoms with Crippen LogP contribution in [0.3, 0.4) is 0 Å². The predicted molar refractivity (Wildman–Crippen MR) is 120 cm³/mol. The first-order valence-corrected chi connectivity index (χ1v) is 8.50. The highest BCUT2D eigenvalue weighted by Gasteiger charge is 2.06. The molecular weight excluding hydrogens is 451 g/mol. The molecule has 3 rings (SSSR count). The van der Waals surface area contributed by atoms with Crippen LogP contribution in [0.5, 0.6) is 11.5 Å². The molecule has 0 spiro atoms. The van der Waals surface area contributed by atoms with Crippen LogP contribution in [0.4, 0.5) is 0 Å². The average molecular weight is 474 g/mol. The first kappa shape index (κ1) is 20.7. The minimum absolute atomic E-state index is 0. The summed E-state index contributed by atoms with van der Waals surface area (Å²) in [6.07, 6.45) is 1.78. The normalized spacial score (nSPS) is 10.6. The van der Waals surface area contributed by atoms with Crippen molar-refractivity contribution in [2.24, 2.45) is 4.99 Å². The number of benzene rings is 2. The van der Waals surface area contributed by atoms with Crippen molar-refractivity contribution in [3.8, 4) is 11.5 Å². The molecule has 140 valence electrons. The minimum Gasteiger partial charge on any atom is -0.457 e. The Balaban J connectivity index is 0.00000261. The second kappa shape index (κ2) is 11.2. The number of nitrogens with one attached hydrogen (secondary N) is 2. The maximum Gasteiger partial charge on any atom is 0.191 e. The number of aromatic nitrogens is 1. The lowest BCUT2D eigenvalue weighted by atomic mass is 10.2. The van der Waals surface area contributed by atoms with Gasteiger partial charge in [-0.05, 0) is 30.3 Å². The Bertz CT molecular complexity index is 841. The maximum atomic E-state index is 5.99. The van der Waals surface area contributed by atoms with E-state index in [2.05, 4.69) is 20.6 Å². The van der Waals surface area contributed by atoms with E-state index in [4.69, 9.17) is 4.74 Å². The van der Waals surface area contributed by atoms with Gasteiger partial charge in [0.1, 0.15) is 11.5 Å². The van der Waals surface area contributed by atoms with E-state index in [9.17, 15) is 0 Å². The van der Waals surface area contributed by atoms with E-state index in [1.807, 2.05) is 72.8 Å². The third kappa shape index (κ3) is 6.56. The first-order chi connectivity index (χ1) is 12.8. The van der Waals surface area contributed by atoms with E-state index in [-0.39, 0.29) is 24.0 Å². The molecular formula is C21H23IN4O. The molecule has 1 heterocycles. The third-order valence-electron chi connectivity index (χ3n) is 3.78. The largest absolute Gasteiger partial charge is 0.457 e. The van der Waals surface area contributed by atoms with Crippen LogP contribution >= 0.6 is 24.0 Å². The lowest BCUT2D eigenvalue weighted by molar-refractivity contribution is 0.475. The summed E-state index contributed by atoms with van der Waals surface area (Å²) in [5.74, 6) is 2.36. The summed E-state index contributed by atoms with van der Waals surface area (Å²) in [5, 5.41) is 6.57. The van der Waals surface area contributed by atoms with Crippen molar-refractivity contribution in [1.82, 2.24) is 15.6 Å². The Morgan fingerprint density at radius 1 is 0.889 bits per heavy atom. The van der Waals surface area contributed by atoms with E-state index in [1.165, 1.54) is 0 Å². The van der Waals surface area contributed by atoms with Crippen LogP contribution in [0.2, 0.25) is 0 Å². The second-order valence-electron chi connectivity index (χ2n) is 5.62. The molecule has 0 fully saturated rings. The van der Waals surface area contributed by atoms with Gasteiger partial charge in [-0.3, -0.25) is 9.98 Å². The number of ether oxygens (including phenoxy) is 1. The summed E-state index contributed by atoms with van der Waals surface area (Å²) >= 11 is 0. The highest BCUT2D eigenvalue weighted by molar-refractivity contribution is 14.0. The number of para-hydroxylation sites is 2. The monoisotopic (exact) mass is 474 g/mol. The molecule has 2 aromatic carbocycles. The van der Waals surface area contributed by atoms with Crippen molar-refractivity contribution in [3.63, 3.8) is 0 Å². The molecule has 0 aliphatic heterocycles. The average Bonchev–Trinajstić information content (AvgIpc) is 2.71. The van der Waals surface area contributed by atoms with Crippen LogP contribution in [-0.2, 0) is 13.1 Å². The van der Waals surface area contributed by atoms with Gasteiger partial charge in [0, 0.05) is 25.4 Å². The molecule has 5 nitrogen and oxygen atoms in total. The van der Waals surface area contributed by atoms with Crippen molar-refractivity contribution in [3.05, 3.63) is 90.3 Å². The van der Waals surface area contributed by atoms with Gasteiger partial charge >= 0.3 is 0 Å². The minimum atomic E-state index is 0. The Morgan fingerprint density at radius 2 is 1.59 bits per heavy atom. The molecule has 27 heavy (non-hydrogen) atoms. The van der Waals surface area contributed by atoms with Gasteiger partial charge in [-0.2, -0.15) is 0 Å². The Kier molecular flexibility index (Phi) is 8.57. The number of halogens is 1. The summed E-state index contributed by atoms with van der Waals surface area (Å²) in [6, 6.07) is 23.6. The molecule has 0 amide bonds. The summed E-state index contributed by atoms with van der Waals surface area (Å²) in [5.41, 5.74) is 2.01. The summed E-state index contributed by atoms with van der Waals surface area (Å²) in [4.78, 5) is 8.56. The smallest absolute Gasteiger partial charge is 0.191 e. The van der Waals surface area contributed by atoms with Gasteiger partial charge in [-0.25, -0.2) is 0 Å². The molecule has 6 heteroatoms. The molecule has 1 aromatic heterocycles. The molecule has 0 aliphatic rings. The van der Waals surface area contributed by atoms with E-state index in [1.54, 1.807) is 13.2 Å². The van der Waals surface area contributed by atoms with Crippen LogP contribution < -0.4 is 15.4 Å². The van der Waals surface area contributed by atoms with Crippen LogP contribution in [-0.4, -0.2) is 18.0 Å². The van der Waals surface area contributed by atoms with Gasteiger partial charge in [0.25, 0.3) is 0 Å². The molecule has 0 unspecified atom stereocenters. The van der Waals surface area contributed by atoms with Crippen molar-refractivity contribution in [1.29, 1.82) is 0 Å². The SMILES string of the molecule is CN=C(NCc1ccccn1)NCc1ccccc1Oc1ccccc1.I. The molecule has 0 atom stereocenters. The fourth-order valence-electron chi connectivity index (χ4n) is 2.44. The van der Waals surface area contributed by atoms with E-state index in [0.717, 1.165) is 22.8 Å². The van der Waals surface area contributed by atoms with Gasteiger partial charge in [0.2, 0.25) is 0 Å². The van der Waals surface area contributed by atoms with Crippen molar-refractivity contribution in [2.45, 2.75) is 13.1 Å². The Morgan fingerprint density at radius 3 is 2.33 bits per heavy atom. The molecule has 0 saturated carbocycles. The van der Waals surface area contributed by atoms with Gasteiger partial charge in [-0.15, -0.1) is 24.0 Å². The summed E-state index contributed by atoms with van der Waals surface area (Å²) in [6.45, 7) is 1.22. The number of rotatable bonds is 6. The number of nitrogens with zero attached hydrogens (tertiary/aromatic N) is 2.